The average Bonchev–Trinajstić information content (AvgIpc) is 3.44. The van der Waals surface area contributed by atoms with Crippen LogP contribution in [0.2, 0.25) is 0 Å². The van der Waals surface area contributed by atoms with E-state index in [9.17, 15) is 22.4 Å². The summed E-state index contributed by atoms with van der Waals surface area (Å²) in [6.45, 7) is 1.69. The third-order valence-electron chi connectivity index (χ3n) is 5.90. The topological polar surface area (TPSA) is 97.3 Å². The predicted octanol–water partition coefficient (Wildman–Crippen LogP) is 4.47. The predicted molar refractivity (Wildman–Crippen MR) is 123 cm³/mol. The number of amides is 2. The first kappa shape index (κ1) is 22.0. The van der Waals surface area contributed by atoms with Gasteiger partial charge in [0.05, 0.1) is 10.4 Å². The van der Waals surface area contributed by atoms with Gasteiger partial charge < -0.3 is 9.88 Å². The minimum absolute atomic E-state index is 0. The van der Waals surface area contributed by atoms with Crippen molar-refractivity contribution in [3.05, 3.63) is 60.5 Å². The summed E-state index contributed by atoms with van der Waals surface area (Å²) in [4.78, 5) is 24.8. The lowest BCUT2D eigenvalue weighted by atomic mass is 10.1. The van der Waals surface area contributed by atoms with Crippen molar-refractivity contribution in [2.75, 3.05) is 5.32 Å². The minimum Gasteiger partial charge on any atom is -0.335 e. The second kappa shape index (κ2) is 8.74. The highest BCUT2D eigenvalue weighted by Crippen LogP contribution is 2.26. The molecule has 9 heteroatoms. The van der Waals surface area contributed by atoms with E-state index in [-0.39, 0.29) is 25.4 Å². The molecule has 0 radical (unpaired) electrons. The summed E-state index contributed by atoms with van der Waals surface area (Å²) in [6.07, 6.45) is 4.92. The SMILES string of the molecule is C[C@H](C(=O)Nc1ccc(S(=O)(=O)NC(=O)C2CCCC2)cc1)n1ccc2c(F)cccc21.[HH].[HH]. The standard InChI is InChI=1S/C23H24FN3O4S.2H2/c1-15(27-14-13-19-20(24)7-4-8-21(19)27)22(28)25-17-9-11-18(12-10-17)32(30,31)26-23(29)16-5-2-3-6-16;;/h4,7-16H,2-3,5-6H2,1H3,(H,25,28)(H,26,29);2*1H/t15-;;/m1../s1. The van der Waals surface area contributed by atoms with Crippen LogP contribution in [0.5, 0.6) is 0 Å². The first-order chi connectivity index (χ1) is 15.3. The molecular formula is C23H28FN3O4S. The zero-order chi connectivity index (χ0) is 22.9. The van der Waals surface area contributed by atoms with E-state index < -0.39 is 22.0 Å². The Morgan fingerprint density at radius 3 is 2.47 bits per heavy atom. The number of nitrogens with zero attached hydrogens (tertiary/aromatic N) is 1. The van der Waals surface area contributed by atoms with Crippen LogP contribution in [0.15, 0.2) is 59.6 Å². The molecule has 172 valence electrons. The van der Waals surface area contributed by atoms with Crippen LogP contribution in [0.3, 0.4) is 0 Å². The van der Waals surface area contributed by atoms with Crippen LogP contribution in [0, 0.1) is 11.7 Å². The van der Waals surface area contributed by atoms with Crippen molar-refractivity contribution < 1.29 is 25.3 Å². The molecule has 32 heavy (non-hydrogen) atoms. The van der Waals surface area contributed by atoms with E-state index in [2.05, 4.69) is 10.0 Å². The molecule has 2 amide bonds. The van der Waals surface area contributed by atoms with E-state index in [0.717, 1.165) is 12.8 Å². The second-order valence-corrected chi connectivity index (χ2v) is 9.72. The molecule has 1 aliphatic rings. The summed E-state index contributed by atoms with van der Waals surface area (Å²) < 4.78 is 42.7. The summed E-state index contributed by atoms with van der Waals surface area (Å²) in [6, 6.07) is 11.3. The van der Waals surface area contributed by atoms with Crippen LogP contribution in [-0.4, -0.2) is 24.8 Å². The lowest BCUT2D eigenvalue weighted by molar-refractivity contribution is -0.123. The fourth-order valence-corrected chi connectivity index (χ4v) is 5.09. The summed E-state index contributed by atoms with van der Waals surface area (Å²) in [5, 5.41) is 3.17. The van der Waals surface area contributed by atoms with Gasteiger partial charge in [0.1, 0.15) is 11.9 Å². The summed E-state index contributed by atoms with van der Waals surface area (Å²) >= 11 is 0. The molecule has 7 nitrogen and oxygen atoms in total. The smallest absolute Gasteiger partial charge is 0.264 e. The monoisotopic (exact) mass is 461 g/mol. The first-order valence-electron chi connectivity index (χ1n) is 10.5. The molecule has 1 aromatic heterocycles. The summed E-state index contributed by atoms with van der Waals surface area (Å²) in [7, 11) is -3.97. The number of halogens is 1. The van der Waals surface area contributed by atoms with Gasteiger partial charge in [0.15, 0.2) is 0 Å². The van der Waals surface area contributed by atoms with E-state index in [0.29, 0.717) is 29.4 Å². The summed E-state index contributed by atoms with van der Waals surface area (Å²) in [5.74, 6) is -1.42. The van der Waals surface area contributed by atoms with Gasteiger partial charge in [0, 0.05) is 26.0 Å². The van der Waals surface area contributed by atoms with Gasteiger partial charge in [-0.1, -0.05) is 18.9 Å². The third kappa shape index (κ3) is 4.38. The molecule has 1 heterocycles. The fourth-order valence-electron chi connectivity index (χ4n) is 4.04. The number of hydrogen-bond donors (Lipinski definition) is 2. The van der Waals surface area contributed by atoms with Crippen LogP contribution in [0.25, 0.3) is 10.9 Å². The van der Waals surface area contributed by atoms with Gasteiger partial charge in [-0.15, -0.1) is 0 Å². The van der Waals surface area contributed by atoms with Gasteiger partial charge in [-0.25, -0.2) is 17.5 Å². The maximum atomic E-state index is 13.9. The second-order valence-electron chi connectivity index (χ2n) is 8.04. The average molecular weight is 462 g/mol. The maximum absolute atomic E-state index is 13.9. The molecule has 0 aliphatic heterocycles. The molecular weight excluding hydrogens is 433 g/mol. The van der Waals surface area contributed by atoms with E-state index >= 15 is 0 Å². The lowest BCUT2D eigenvalue weighted by Crippen LogP contribution is -2.34. The van der Waals surface area contributed by atoms with Crippen LogP contribution in [0.1, 0.15) is 41.5 Å². The number of sulfonamides is 1. The Labute approximate surface area is 188 Å². The Kier molecular flexibility index (Phi) is 6.01. The number of nitrogens with one attached hydrogen (secondary N) is 2. The van der Waals surface area contributed by atoms with E-state index in [1.54, 1.807) is 35.9 Å². The van der Waals surface area contributed by atoms with Crippen molar-refractivity contribution in [2.24, 2.45) is 5.92 Å². The van der Waals surface area contributed by atoms with Gasteiger partial charge in [0.2, 0.25) is 11.8 Å². The minimum atomic E-state index is -3.97. The Balaban J connectivity index is 0.00000204. The Morgan fingerprint density at radius 2 is 1.78 bits per heavy atom. The van der Waals surface area contributed by atoms with Crippen LogP contribution < -0.4 is 10.0 Å². The number of anilines is 1. The summed E-state index contributed by atoms with van der Waals surface area (Å²) in [5.41, 5.74) is 1.01. The molecule has 3 aromatic rings. The van der Waals surface area contributed by atoms with E-state index in [1.807, 2.05) is 0 Å². The quantitative estimate of drug-likeness (QED) is 0.566. The van der Waals surface area contributed by atoms with Crippen molar-refractivity contribution in [3.8, 4) is 0 Å². The van der Waals surface area contributed by atoms with Crippen molar-refractivity contribution >= 4 is 38.4 Å². The fraction of sp³-hybridized carbons (Fsp3) is 0.304. The lowest BCUT2D eigenvalue weighted by Gasteiger charge is -2.16. The molecule has 0 spiro atoms. The number of carbonyl (C=O) groups is 2. The maximum Gasteiger partial charge on any atom is 0.264 e. The van der Waals surface area contributed by atoms with E-state index in [4.69, 9.17) is 0 Å². The molecule has 2 N–H and O–H groups in total. The zero-order valence-electron chi connectivity index (χ0n) is 17.5. The van der Waals surface area contributed by atoms with Gasteiger partial charge >= 0.3 is 0 Å². The number of aromatic nitrogens is 1. The van der Waals surface area contributed by atoms with Crippen molar-refractivity contribution in [1.82, 2.24) is 9.29 Å². The molecule has 1 aliphatic carbocycles. The molecule has 2 aromatic carbocycles. The molecule has 1 fully saturated rings. The van der Waals surface area contributed by atoms with Gasteiger partial charge in [0.25, 0.3) is 10.0 Å². The number of carbonyl (C=O) groups excluding carboxylic acids is 2. The normalized spacial score (nSPS) is 15.6. The van der Waals surface area contributed by atoms with E-state index in [1.165, 1.54) is 30.3 Å². The Hall–Kier alpha value is -3.20. The molecule has 1 atom stereocenters. The molecule has 1 saturated carbocycles. The van der Waals surface area contributed by atoms with Crippen molar-refractivity contribution in [2.45, 2.75) is 43.5 Å². The van der Waals surface area contributed by atoms with Crippen LogP contribution >= 0.6 is 0 Å². The molecule has 0 unspecified atom stereocenters. The van der Waals surface area contributed by atoms with Gasteiger partial charge in [-0.05, 0) is 62.2 Å². The van der Waals surface area contributed by atoms with Crippen molar-refractivity contribution in [3.63, 3.8) is 0 Å². The molecule has 0 saturated heterocycles. The van der Waals surface area contributed by atoms with Gasteiger partial charge in [-0.3, -0.25) is 9.59 Å². The van der Waals surface area contributed by atoms with Crippen molar-refractivity contribution in [1.29, 1.82) is 0 Å². The largest absolute Gasteiger partial charge is 0.335 e. The Morgan fingerprint density at radius 1 is 1.09 bits per heavy atom. The number of fused-ring (bicyclic) bond motifs is 1. The number of benzene rings is 2. The highest BCUT2D eigenvalue weighted by molar-refractivity contribution is 7.90. The number of rotatable bonds is 6. The van der Waals surface area contributed by atoms with Crippen LogP contribution in [0.4, 0.5) is 10.1 Å². The Bertz CT molecular complexity index is 1270. The van der Waals surface area contributed by atoms with Gasteiger partial charge in [-0.2, -0.15) is 0 Å². The highest BCUT2D eigenvalue weighted by Gasteiger charge is 2.27. The molecule has 0 bridgehead atoms. The highest BCUT2D eigenvalue weighted by atomic mass is 32.2. The third-order valence-corrected chi connectivity index (χ3v) is 7.26. The zero-order valence-corrected chi connectivity index (χ0v) is 18.4. The first-order valence-corrected chi connectivity index (χ1v) is 12.0. The van der Waals surface area contributed by atoms with Crippen LogP contribution in [-0.2, 0) is 19.6 Å². The number of hydrogen-bond acceptors (Lipinski definition) is 4. The molecule has 4 rings (SSSR count).